The molecule has 0 spiro atoms. The number of hydrogen-bond donors (Lipinski definition) is 0. The summed E-state index contributed by atoms with van der Waals surface area (Å²) in [6, 6.07) is 24.2. The molecule has 3 aromatic carbocycles. The number of esters is 1. The first-order valence-corrected chi connectivity index (χ1v) is 11.1. The van der Waals surface area contributed by atoms with Gasteiger partial charge >= 0.3 is 5.97 Å². The van der Waals surface area contributed by atoms with E-state index in [1.165, 1.54) is 11.8 Å². The van der Waals surface area contributed by atoms with Crippen LogP contribution in [0.5, 0.6) is 5.88 Å². The monoisotopic (exact) mass is 498 g/mol. The Bertz CT molecular complexity index is 1190. The molecule has 150 valence electrons. The molecule has 0 saturated heterocycles. The van der Waals surface area contributed by atoms with Crippen LogP contribution in [0.1, 0.15) is 16.1 Å². The molecule has 0 bridgehead atoms. The molecule has 0 fully saturated rings. The zero-order valence-corrected chi connectivity index (χ0v) is 19.0. The van der Waals surface area contributed by atoms with Crippen molar-refractivity contribution in [2.45, 2.75) is 16.7 Å². The highest BCUT2D eigenvalue weighted by Gasteiger charge is 2.22. The molecule has 0 aliphatic heterocycles. The van der Waals surface area contributed by atoms with Gasteiger partial charge in [-0.2, -0.15) is 9.78 Å². The van der Waals surface area contributed by atoms with Gasteiger partial charge in [-0.3, -0.25) is 0 Å². The van der Waals surface area contributed by atoms with Gasteiger partial charge in [-0.1, -0.05) is 63.6 Å². The second kappa shape index (κ2) is 9.08. The molecule has 0 amide bonds. The Morgan fingerprint density at radius 3 is 2.47 bits per heavy atom. The van der Waals surface area contributed by atoms with E-state index in [1.807, 2.05) is 67.6 Å². The molecule has 1 aromatic heterocycles. The lowest BCUT2D eigenvalue weighted by Gasteiger charge is -2.10. The first kappa shape index (κ1) is 20.7. The molecule has 4 rings (SSSR count). The molecule has 4 nitrogen and oxygen atoms in total. The van der Waals surface area contributed by atoms with Crippen molar-refractivity contribution >= 4 is 45.3 Å². The average molecular weight is 500 g/mol. The molecule has 7 heteroatoms. The topological polar surface area (TPSA) is 44.1 Å². The predicted octanol–water partition coefficient (Wildman–Crippen LogP) is 6.97. The van der Waals surface area contributed by atoms with Crippen molar-refractivity contribution in [2.75, 3.05) is 0 Å². The van der Waals surface area contributed by atoms with E-state index in [0.717, 1.165) is 25.6 Å². The fourth-order valence-corrected chi connectivity index (χ4v) is 4.26. The van der Waals surface area contributed by atoms with Crippen molar-refractivity contribution in [3.8, 4) is 11.6 Å². The summed E-state index contributed by atoms with van der Waals surface area (Å²) in [7, 11) is 0. The van der Waals surface area contributed by atoms with E-state index in [-0.39, 0.29) is 0 Å². The van der Waals surface area contributed by atoms with Gasteiger partial charge in [-0.15, -0.1) is 0 Å². The van der Waals surface area contributed by atoms with Gasteiger partial charge in [0.15, 0.2) is 0 Å². The smallest absolute Gasteiger partial charge is 0.344 e. The maximum absolute atomic E-state index is 12.9. The summed E-state index contributed by atoms with van der Waals surface area (Å²) in [4.78, 5) is 14.6. The van der Waals surface area contributed by atoms with Crippen LogP contribution in [0, 0.1) is 6.92 Å². The third kappa shape index (κ3) is 4.61. The van der Waals surface area contributed by atoms with Crippen LogP contribution in [0.15, 0.2) is 93.1 Å². The molecule has 30 heavy (non-hydrogen) atoms. The number of carbonyl (C=O) groups excluding carboxylic acids is 1. The third-order valence-corrected chi connectivity index (χ3v) is 6.18. The molecule has 0 aliphatic rings. The Balaban J connectivity index is 1.76. The Labute approximate surface area is 192 Å². The summed E-state index contributed by atoms with van der Waals surface area (Å²) in [5.41, 5.74) is 2.02. The van der Waals surface area contributed by atoms with Gasteiger partial charge in [-0.05, 0) is 61.5 Å². The largest absolute Gasteiger partial charge is 0.402 e. The highest BCUT2D eigenvalue weighted by atomic mass is 79.9. The van der Waals surface area contributed by atoms with Crippen molar-refractivity contribution in [3.05, 3.63) is 99.6 Å². The van der Waals surface area contributed by atoms with Crippen LogP contribution in [-0.4, -0.2) is 15.7 Å². The number of aryl methyl sites for hydroxylation is 1. The van der Waals surface area contributed by atoms with Gasteiger partial charge < -0.3 is 4.74 Å². The van der Waals surface area contributed by atoms with Crippen molar-refractivity contribution < 1.29 is 9.53 Å². The van der Waals surface area contributed by atoms with Gasteiger partial charge in [0.1, 0.15) is 0 Å². The van der Waals surface area contributed by atoms with Crippen LogP contribution < -0.4 is 4.74 Å². The van der Waals surface area contributed by atoms with E-state index in [2.05, 4.69) is 21.0 Å². The zero-order valence-electron chi connectivity index (χ0n) is 15.9. The Morgan fingerprint density at radius 2 is 1.77 bits per heavy atom. The third-order valence-electron chi connectivity index (χ3n) is 4.25. The molecule has 0 radical (unpaired) electrons. The first-order valence-electron chi connectivity index (χ1n) is 9.07. The molecule has 0 aliphatic carbocycles. The highest BCUT2D eigenvalue weighted by molar-refractivity contribution is 9.10. The molecule has 0 N–H and O–H groups in total. The molecular formula is C23H16BrClN2O2S. The van der Waals surface area contributed by atoms with Gasteiger partial charge in [0, 0.05) is 14.4 Å². The van der Waals surface area contributed by atoms with Crippen molar-refractivity contribution in [1.82, 2.24) is 9.78 Å². The second-order valence-electron chi connectivity index (χ2n) is 6.42. The first-order chi connectivity index (χ1) is 14.5. The van der Waals surface area contributed by atoms with Crippen molar-refractivity contribution in [2.24, 2.45) is 0 Å². The standard InChI is InChI=1S/C23H16BrClN2O2S/c1-15-21(30-20-12-10-18(25)11-13-20)22(27(26-15)19-8-3-2-4-9-19)29-23(28)16-6-5-7-17(24)14-16/h2-14H,1H3. The molecule has 0 unspecified atom stereocenters. The molecule has 0 atom stereocenters. The summed E-state index contributed by atoms with van der Waals surface area (Å²) in [6.07, 6.45) is 0. The quantitative estimate of drug-likeness (QED) is 0.278. The summed E-state index contributed by atoms with van der Waals surface area (Å²) in [5, 5.41) is 5.31. The minimum Gasteiger partial charge on any atom is -0.402 e. The maximum Gasteiger partial charge on any atom is 0.344 e. The van der Waals surface area contributed by atoms with E-state index in [0.29, 0.717) is 16.5 Å². The summed E-state index contributed by atoms with van der Waals surface area (Å²) >= 11 is 10.9. The maximum atomic E-state index is 12.9. The highest BCUT2D eigenvalue weighted by Crippen LogP contribution is 2.39. The lowest BCUT2D eigenvalue weighted by atomic mass is 10.2. The zero-order chi connectivity index (χ0) is 21.1. The van der Waals surface area contributed by atoms with E-state index >= 15 is 0 Å². The van der Waals surface area contributed by atoms with E-state index in [1.54, 1.807) is 22.9 Å². The van der Waals surface area contributed by atoms with Gasteiger partial charge in [0.2, 0.25) is 5.88 Å². The van der Waals surface area contributed by atoms with Crippen molar-refractivity contribution in [1.29, 1.82) is 0 Å². The molecule has 1 heterocycles. The summed E-state index contributed by atoms with van der Waals surface area (Å²) in [6.45, 7) is 1.90. The fraction of sp³-hybridized carbons (Fsp3) is 0.0435. The van der Waals surface area contributed by atoms with Gasteiger partial charge in [-0.25, -0.2) is 4.79 Å². The summed E-state index contributed by atoms with van der Waals surface area (Å²) < 4.78 is 8.34. The van der Waals surface area contributed by atoms with Crippen LogP contribution >= 0.6 is 39.3 Å². The van der Waals surface area contributed by atoms with Crippen LogP contribution in [-0.2, 0) is 0 Å². The number of nitrogens with zero attached hydrogens (tertiary/aromatic N) is 2. The normalized spacial score (nSPS) is 10.8. The lowest BCUT2D eigenvalue weighted by molar-refractivity contribution is 0.0718. The number of benzene rings is 3. The lowest BCUT2D eigenvalue weighted by Crippen LogP contribution is -2.12. The van der Waals surface area contributed by atoms with E-state index < -0.39 is 5.97 Å². The SMILES string of the molecule is Cc1nn(-c2ccccc2)c(OC(=O)c2cccc(Br)c2)c1Sc1ccc(Cl)cc1. The Hall–Kier alpha value is -2.54. The number of rotatable bonds is 5. The number of para-hydroxylation sites is 1. The molecule has 0 saturated carbocycles. The van der Waals surface area contributed by atoms with Crippen LogP contribution in [0.3, 0.4) is 0 Å². The minimum atomic E-state index is -0.452. The number of ether oxygens (including phenoxy) is 1. The number of hydrogen-bond acceptors (Lipinski definition) is 4. The molecule has 4 aromatic rings. The predicted molar refractivity (Wildman–Crippen MR) is 123 cm³/mol. The van der Waals surface area contributed by atoms with Crippen molar-refractivity contribution in [3.63, 3.8) is 0 Å². The van der Waals surface area contributed by atoms with Crippen LogP contribution in [0.4, 0.5) is 0 Å². The van der Waals surface area contributed by atoms with E-state index in [4.69, 9.17) is 16.3 Å². The minimum absolute atomic E-state index is 0.378. The fourth-order valence-electron chi connectivity index (χ4n) is 2.83. The van der Waals surface area contributed by atoms with Gasteiger partial charge in [0.25, 0.3) is 0 Å². The van der Waals surface area contributed by atoms with Crippen LogP contribution in [0.25, 0.3) is 5.69 Å². The number of aromatic nitrogens is 2. The number of carbonyl (C=O) groups is 1. The Morgan fingerprint density at radius 1 is 1.03 bits per heavy atom. The number of halogens is 2. The van der Waals surface area contributed by atoms with Crippen LogP contribution in [0.2, 0.25) is 5.02 Å². The average Bonchev–Trinajstić information content (AvgIpc) is 3.05. The summed E-state index contributed by atoms with van der Waals surface area (Å²) in [5.74, 6) is -0.0741. The molecular weight excluding hydrogens is 484 g/mol. The van der Waals surface area contributed by atoms with E-state index in [9.17, 15) is 4.79 Å². The second-order valence-corrected chi connectivity index (χ2v) is 8.86. The Kier molecular flexibility index (Phi) is 6.27. The van der Waals surface area contributed by atoms with Gasteiger partial charge in [0.05, 0.1) is 21.8 Å².